The van der Waals surface area contributed by atoms with Crippen LogP contribution >= 0.6 is 0 Å². The molecule has 0 saturated heterocycles. The van der Waals surface area contributed by atoms with Crippen LogP contribution in [0.5, 0.6) is 0 Å². The molecule has 0 amide bonds. The molecule has 0 heterocycles. The summed E-state index contributed by atoms with van der Waals surface area (Å²) < 4.78 is 46.0. The smallest absolute Gasteiger partial charge is 0.357 e. The Morgan fingerprint density at radius 3 is 1.35 bits per heavy atom. The molecule has 6 heteroatoms. The minimum atomic E-state index is -4.44. The van der Waals surface area contributed by atoms with E-state index in [2.05, 4.69) is 90.1 Å². The molecule has 0 N–H and O–H groups in total. The number of hydrogen-bond acceptors (Lipinski definition) is 3. The Kier molecular flexibility index (Phi) is 9.86. The van der Waals surface area contributed by atoms with Crippen molar-refractivity contribution in [2.24, 2.45) is 0 Å². The molecule has 0 spiro atoms. The Morgan fingerprint density at radius 2 is 1.06 bits per heavy atom. The summed E-state index contributed by atoms with van der Waals surface area (Å²) in [5.74, 6) is -0.572. The van der Waals surface area contributed by atoms with Crippen LogP contribution in [0.4, 0.5) is 4.39 Å². The van der Waals surface area contributed by atoms with E-state index in [1.807, 2.05) is 0 Å². The van der Waals surface area contributed by atoms with Crippen LogP contribution in [-0.4, -0.2) is 13.0 Å². The fourth-order valence-corrected chi connectivity index (χ4v) is 5.69. The zero-order chi connectivity index (χ0) is 25.6. The van der Waals surface area contributed by atoms with Crippen LogP contribution in [0.1, 0.15) is 65.5 Å². The number of hydrogen-bond donors (Lipinski definition) is 0. The normalized spacial score (nSPS) is 12.1. The molecule has 0 aliphatic rings. The third-order valence-electron chi connectivity index (χ3n) is 6.34. The molecule has 0 fully saturated rings. The van der Waals surface area contributed by atoms with Gasteiger partial charge in [-0.25, -0.2) is 12.8 Å². The molecular weight excluding hydrogens is 562 g/mol. The first-order valence-electron chi connectivity index (χ1n) is 11.4. The molecule has 184 valence electrons. The summed E-state index contributed by atoms with van der Waals surface area (Å²) >= 11 is -0.0793. The maximum atomic E-state index is 12.2. The summed E-state index contributed by atoms with van der Waals surface area (Å²) in [7, 11) is -4.44. The van der Waals surface area contributed by atoms with Crippen LogP contribution < -0.4 is 21.2 Å². The molecule has 0 radical (unpaired) electrons. The minimum absolute atomic E-state index is 0.0793. The second kappa shape index (κ2) is 11.8. The lowest BCUT2D eigenvalue weighted by Gasteiger charge is -2.23. The predicted molar refractivity (Wildman–Crippen MR) is 131 cm³/mol. The second-order valence-corrected chi connectivity index (χ2v) is 13.9. The van der Waals surface area contributed by atoms with E-state index < -0.39 is 20.8 Å². The van der Waals surface area contributed by atoms with Gasteiger partial charge in [-0.15, -0.1) is 0 Å². The van der Waals surface area contributed by atoms with Gasteiger partial charge in [-0.1, -0.05) is 65.8 Å². The summed E-state index contributed by atoms with van der Waals surface area (Å²) in [4.78, 5) is -0.418. The van der Waals surface area contributed by atoms with Gasteiger partial charge in [0.15, 0.2) is 7.14 Å². The van der Waals surface area contributed by atoms with E-state index in [4.69, 9.17) is 0 Å². The highest BCUT2D eigenvalue weighted by Gasteiger charge is 2.22. The Hall–Kier alpha value is -1.77. The Balaban J connectivity index is 0.000000310. The van der Waals surface area contributed by atoms with E-state index >= 15 is 0 Å². The standard InChI is InChI=1S/C22H30I.C6H5FO3S/c1-7-21(3,4)17-9-13-19(14-10-17)23-20-15-11-18(12-16-20)22(5,6)8-2;7-5-1-3-6(4-2-5)11(8,9)10/h9-16H,7-8H2,1-6H3;1-4H,(H,8,9,10)/q+1;/p-1. The number of halogens is 2. The highest BCUT2D eigenvalue weighted by molar-refractivity contribution is 7.85. The SMILES string of the molecule is CCC(C)(C)c1ccc([I+]c2ccc(C(C)(C)CC)cc2)cc1.O=S(=O)([O-])c1ccc(F)cc1. The average molecular weight is 597 g/mol. The van der Waals surface area contributed by atoms with Gasteiger partial charge in [-0.2, -0.15) is 0 Å². The van der Waals surface area contributed by atoms with Gasteiger partial charge in [0.25, 0.3) is 0 Å². The van der Waals surface area contributed by atoms with Crippen molar-refractivity contribution in [2.75, 3.05) is 0 Å². The summed E-state index contributed by atoms with van der Waals surface area (Å²) in [6, 6.07) is 22.4. The lowest BCUT2D eigenvalue weighted by molar-refractivity contribution is -0.597. The second-order valence-electron chi connectivity index (χ2n) is 9.49. The van der Waals surface area contributed by atoms with Crippen LogP contribution in [0.2, 0.25) is 0 Å². The molecule has 3 nitrogen and oxygen atoms in total. The topological polar surface area (TPSA) is 57.2 Å². The number of benzene rings is 3. The third-order valence-corrected chi connectivity index (χ3v) is 9.87. The first-order valence-corrected chi connectivity index (χ1v) is 14.9. The largest absolute Gasteiger partial charge is 0.744 e. The fraction of sp³-hybridized carbons (Fsp3) is 0.357. The maximum absolute atomic E-state index is 12.2. The van der Waals surface area contributed by atoms with Gasteiger partial charge in [0, 0.05) is 0 Å². The molecule has 0 aromatic heterocycles. The van der Waals surface area contributed by atoms with Crippen LogP contribution in [0.15, 0.2) is 77.7 Å². The predicted octanol–water partition coefficient (Wildman–Crippen LogP) is 3.92. The van der Waals surface area contributed by atoms with E-state index in [9.17, 15) is 17.4 Å². The van der Waals surface area contributed by atoms with E-state index in [-0.39, 0.29) is 32.0 Å². The highest BCUT2D eigenvalue weighted by atomic mass is 127. The number of rotatable bonds is 7. The van der Waals surface area contributed by atoms with Gasteiger partial charge in [0.05, 0.1) is 4.90 Å². The van der Waals surface area contributed by atoms with Crippen molar-refractivity contribution in [3.63, 3.8) is 0 Å². The molecule has 0 bridgehead atoms. The Bertz CT molecular complexity index is 1090. The van der Waals surface area contributed by atoms with Crippen molar-refractivity contribution in [1.82, 2.24) is 0 Å². The van der Waals surface area contributed by atoms with Crippen LogP contribution in [0, 0.1) is 13.0 Å². The molecular formula is C28H34FIO3S. The van der Waals surface area contributed by atoms with Gasteiger partial charge >= 0.3 is 21.2 Å². The Labute approximate surface area is 214 Å². The van der Waals surface area contributed by atoms with Crippen LogP contribution in [0.3, 0.4) is 0 Å². The van der Waals surface area contributed by atoms with Crippen LogP contribution in [-0.2, 0) is 20.9 Å². The monoisotopic (exact) mass is 596 g/mol. The molecule has 0 atom stereocenters. The molecule has 0 aliphatic carbocycles. The van der Waals surface area contributed by atoms with E-state index in [1.165, 1.54) is 31.1 Å². The third kappa shape index (κ3) is 8.17. The van der Waals surface area contributed by atoms with Crippen molar-refractivity contribution in [1.29, 1.82) is 0 Å². The molecule has 3 aromatic rings. The van der Waals surface area contributed by atoms with Gasteiger partial charge in [-0.3, -0.25) is 0 Å². The lowest BCUT2D eigenvalue weighted by atomic mass is 9.82. The van der Waals surface area contributed by atoms with Gasteiger partial charge in [0.2, 0.25) is 0 Å². The minimum Gasteiger partial charge on any atom is -0.744 e. The van der Waals surface area contributed by atoms with Gasteiger partial charge < -0.3 is 4.55 Å². The van der Waals surface area contributed by atoms with Gasteiger partial charge in [0.1, 0.15) is 15.9 Å². The highest BCUT2D eigenvalue weighted by Crippen LogP contribution is 2.26. The van der Waals surface area contributed by atoms with Crippen molar-refractivity contribution in [3.8, 4) is 0 Å². The first-order chi connectivity index (χ1) is 15.8. The van der Waals surface area contributed by atoms with Crippen molar-refractivity contribution >= 4 is 10.1 Å². The molecule has 0 unspecified atom stereocenters. The van der Waals surface area contributed by atoms with E-state index in [0.717, 1.165) is 24.3 Å². The van der Waals surface area contributed by atoms with E-state index in [0.29, 0.717) is 0 Å². The average Bonchev–Trinajstić information content (AvgIpc) is 2.80. The van der Waals surface area contributed by atoms with Crippen molar-refractivity contribution < 1.29 is 38.6 Å². The van der Waals surface area contributed by atoms with E-state index in [1.54, 1.807) is 0 Å². The summed E-state index contributed by atoms with van der Waals surface area (Å²) in [5.41, 5.74) is 3.47. The summed E-state index contributed by atoms with van der Waals surface area (Å²) in [5, 5.41) is 0. The quantitative estimate of drug-likeness (QED) is 0.307. The fourth-order valence-electron chi connectivity index (χ4n) is 3.06. The summed E-state index contributed by atoms with van der Waals surface area (Å²) in [6.45, 7) is 13.8. The van der Waals surface area contributed by atoms with Crippen molar-refractivity contribution in [2.45, 2.75) is 70.1 Å². The maximum Gasteiger partial charge on any atom is 0.357 e. The van der Waals surface area contributed by atoms with Crippen molar-refractivity contribution in [3.05, 3.63) is 96.9 Å². The molecule has 0 saturated carbocycles. The molecule has 3 rings (SSSR count). The summed E-state index contributed by atoms with van der Waals surface area (Å²) in [6.07, 6.45) is 2.35. The zero-order valence-electron chi connectivity index (χ0n) is 20.7. The Morgan fingerprint density at radius 1 is 0.706 bits per heavy atom. The molecule has 34 heavy (non-hydrogen) atoms. The molecule has 0 aliphatic heterocycles. The molecule has 3 aromatic carbocycles. The van der Waals surface area contributed by atoms with Crippen LogP contribution in [0.25, 0.3) is 0 Å². The lowest BCUT2D eigenvalue weighted by Crippen LogP contribution is -3.61. The zero-order valence-corrected chi connectivity index (χ0v) is 23.7. The van der Waals surface area contributed by atoms with Gasteiger partial charge in [-0.05, 0) is 83.3 Å². The first kappa shape index (κ1) is 28.5.